The van der Waals surface area contributed by atoms with Gasteiger partial charge in [0.25, 0.3) is 11.8 Å². The molecule has 0 saturated carbocycles. The van der Waals surface area contributed by atoms with Crippen LogP contribution in [0.4, 0.5) is 0 Å². The molecule has 1 fully saturated rings. The third-order valence-electron chi connectivity index (χ3n) is 2.82. The first kappa shape index (κ1) is 11.5. The summed E-state index contributed by atoms with van der Waals surface area (Å²) in [5, 5.41) is 0. The van der Waals surface area contributed by atoms with Crippen molar-refractivity contribution in [1.29, 1.82) is 0 Å². The summed E-state index contributed by atoms with van der Waals surface area (Å²) < 4.78 is 0. The van der Waals surface area contributed by atoms with Crippen LogP contribution in [-0.4, -0.2) is 46.5 Å². The van der Waals surface area contributed by atoms with Gasteiger partial charge < -0.3 is 0 Å². The zero-order valence-corrected chi connectivity index (χ0v) is 9.22. The second-order valence-electron chi connectivity index (χ2n) is 3.95. The summed E-state index contributed by atoms with van der Waals surface area (Å²) in [7, 11) is 0. The number of hydrogen-bond donors (Lipinski definition) is 0. The summed E-state index contributed by atoms with van der Waals surface area (Å²) in [5.74, 6) is -1.03. The lowest BCUT2D eigenvalue weighted by molar-refractivity contribution is -0.138. The molecule has 2 heterocycles. The van der Waals surface area contributed by atoms with Crippen LogP contribution in [0.1, 0.15) is 19.3 Å². The zero-order valence-electron chi connectivity index (χ0n) is 9.22. The molecular weight excluding hydrogens is 224 g/mol. The molecule has 0 aromatic carbocycles. The van der Waals surface area contributed by atoms with Gasteiger partial charge in [-0.05, 0) is 6.42 Å². The molecule has 0 atom stereocenters. The van der Waals surface area contributed by atoms with Gasteiger partial charge in [-0.15, -0.1) is 0 Å². The molecule has 4 amide bonds. The van der Waals surface area contributed by atoms with Crippen LogP contribution in [0.15, 0.2) is 12.2 Å². The molecule has 0 N–H and O–H groups in total. The summed E-state index contributed by atoms with van der Waals surface area (Å²) in [4.78, 5) is 47.3. The fraction of sp³-hybridized carbons (Fsp3) is 0.455. The third kappa shape index (κ3) is 2.25. The summed E-state index contributed by atoms with van der Waals surface area (Å²) >= 11 is 0. The van der Waals surface area contributed by atoms with Crippen molar-refractivity contribution in [3.05, 3.63) is 12.2 Å². The van der Waals surface area contributed by atoms with E-state index in [1.165, 1.54) is 17.1 Å². The minimum absolute atomic E-state index is 0.174. The molecule has 0 spiro atoms. The average molecular weight is 236 g/mol. The lowest BCUT2D eigenvalue weighted by atomic mass is 10.3. The van der Waals surface area contributed by atoms with Crippen LogP contribution in [0.25, 0.3) is 0 Å². The van der Waals surface area contributed by atoms with E-state index >= 15 is 0 Å². The van der Waals surface area contributed by atoms with Gasteiger partial charge in [0.2, 0.25) is 11.8 Å². The molecule has 0 radical (unpaired) electrons. The monoisotopic (exact) mass is 236 g/mol. The normalized spacial score (nSPS) is 20.0. The van der Waals surface area contributed by atoms with Crippen LogP contribution in [0.3, 0.4) is 0 Å². The van der Waals surface area contributed by atoms with Crippen molar-refractivity contribution in [1.82, 2.24) is 9.80 Å². The second kappa shape index (κ2) is 4.48. The maximum atomic E-state index is 11.3. The van der Waals surface area contributed by atoms with E-state index in [0.717, 1.165) is 4.90 Å². The molecule has 6 heteroatoms. The molecule has 0 aliphatic carbocycles. The molecule has 2 rings (SSSR count). The van der Waals surface area contributed by atoms with Gasteiger partial charge in [-0.25, -0.2) is 0 Å². The lowest BCUT2D eigenvalue weighted by Crippen LogP contribution is -2.35. The highest BCUT2D eigenvalue weighted by molar-refractivity contribution is 6.12. The fourth-order valence-corrected chi connectivity index (χ4v) is 1.91. The van der Waals surface area contributed by atoms with Crippen LogP contribution in [0.2, 0.25) is 0 Å². The highest BCUT2D eigenvalue weighted by Gasteiger charge is 2.29. The minimum Gasteiger partial charge on any atom is -0.283 e. The van der Waals surface area contributed by atoms with Gasteiger partial charge in [0.15, 0.2) is 0 Å². The van der Waals surface area contributed by atoms with Crippen molar-refractivity contribution in [2.24, 2.45) is 0 Å². The summed E-state index contributed by atoms with van der Waals surface area (Å²) in [6.45, 7) is 0.510. The Hall–Kier alpha value is -1.98. The van der Waals surface area contributed by atoms with E-state index < -0.39 is 0 Å². The van der Waals surface area contributed by atoms with Gasteiger partial charge in [-0.1, -0.05) is 0 Å². The Kier molecular flexibility index (Phi) is 3.03. The lowest BCUT2D eigenvalue weighted by Gasteiger charge is -2.17. The number of carbonyl (C=O) groups excluding carboxylic acids is 4. The van der Waals surface area contributed by atoms with E-state index in [9.17, 15) is 19.2 Å². The van der Waals surface area contributed by atoms with Crippen LogP contribution in [-0.2, 0) is 19.2 Å². The summed E-state index contributed by atoms with van der Waals surface area (Å²) in [6.07, 6.45) is 3.39. The Morgan fingerprint density at radius 3 is 1.82 bits per heavy atom. The molecule has 2 aliphatic rings. The second-order valence-corrected chi connectivity index (χ2v) is 3.95. The molecular formula is C11H12N2O4. The van der Waals surface area contributed by atoms with Crippen LogP contribution in [0, 0.1) is 0 Å². The Balaban J connectivity index is 1.80. The van der Waals surface area contributed by atoms with Gasteiger partial charge in [0.05, 0.1) is 0 Å². The van der Waals surface area contributed by atoms with E-state index in [0.29, 0.717) is 6.42 Å². The maximum absolute atomic E-state index is 11.3. The highest BCUT2D eigenvalue weighted by Crippen LogP contribution is 2.12. The number of amides is 4. The Morgan fingerprint density at radius 1 is 0.824 bits per heavy atom. The largest absolute Gasteiger partial charge is 0.283 e. The Labute approximate surface area is 97.9 Å². The molecule has 2 aliphatic heterocycles. The molecule has 90 valence electrons. The van der Waals surface area contributed by atoms with E-state index in [4.69, 9.17) is 0 Å². The molecule has 1 saturated heterocycles. The predicted molar refractivity (Wildman–Crippen MR) is 56.4 cm³/mol. The quantitative estimate of drug-likeness (QED) is 0.614. The van der Waals surface area contributed by atoms with Crippen molar-refractivity contribution < 1.29 is 19.2 Å². The van der Waals surface area contributed by atoms with Gasteiger partial charge in [-0.3, -0.25) is 29.0 Å². The van der Waals surface area contributed by atoms with Gasteiger partial charge >= 0.3 is 0 Å². The minimum atomic E-state index is -0.339. The van der Waals surface area contributed by atoms with Crippen LogP contribution in [0.5, 0.6) is 0 Å². The van der Waals surface area contributed by atoms with E-state index in [-0.39, 0.29) is 49.6 Å². The van der Waals surface area contributed by atoms with Gasteiger partial charge in [0, 0.05) is 38.1 Å². The molecule has 17 heavy (non-hydrogen) atoms. The first-order valence-electron chi connectivity index (χ1n) is 5.46. The molecule has 0 unspecified atom stereocenters. The number of hydrogen-bond acceptors (Lipinski definition) is 4. The van der Waals surface area contributed by atoms with E-state index in [1.54, 1.807) is 0 Å². The van der Waals surface area contributed by atoms with Crippen molar-refractivity contribution in [3.8, 4) is 0 Å². The van der Waals surface area contributed by atoms with Crippen molar-refractivity contribution in [3.63, 3.8) is 0 Å². The van der Waals surface area contributed by atoms with Gasteiger partial charge in [-0.2, -0.15) is 0 Å². The average Bonchev–Trinajstić information content (AvgIpc) is 2.77. The van der Waals surface area contributed by atoms with Crippen molar-refractivity contribution in [2.75, 3.05) is 13.1 Å². The summed E-state index contributed by atoms with van der Waals surface area (Å²) in [6, 6.07) is 0. The number of carbonyl (C=O) groups is 4. The standard InChI is InChI=1S/C11H12N2O4/c14-8-2-3-9(15)12(8)6-1-7-13-10(16)4-5-11(13)17/h2-3H,1,4-7H2. The summed E-state index contributed by atoms with van der Waals surface area (Å²) in [5.41, 5.74) is 0. The first-order valence-corrected chi connectivity index (χ1v) is 5.46. The Morgan fingerprint density at radius 2 is 1.29 bits per heavy atom. The Bertz CT molecular complexity index is 391. The molecule has 6 nitrogen and oxygen atoms in total. The zero-order chi connectivity index (χ0) is 12.4. The number of likely N-dealkylation sites (tertiary alicyclic amines) is 1. The third-order valence-corrected chi connectivity index (χ3v) is 2.82. The predicted octanol–water partition coefficient (Wildman–Crippen LogP) is -0.550. The number of imide groups is 2. The first-order chi connectivity index (χ1) is 8.09. The molecule has 0 bridgehead atoms. The van der Waals surface area contributed by atoms with Crippen LogP contribution < -0.4 is 0 Å². The highest BCUT2D eigenvalue weighted by atomic mass is 16.2. The number of nitrogens with zero attached hydrogens (tertiary/aromatic N) is 2. The van der Waals surface area contributed by atoms with Crippen molar-refractivity contribution >= 4 is 23.6 Å². The topological polar surface area (TPSA) is 74.8 Å². The van der Waals surface area contributed by atoms with Crippen molar-refractivity contribution in [2.45, 2.75) is 19.3 Å². The molecule has 0 aromatic rings. The molecule has 0 aromatic heterocycles. The van der Waals surface area contributed by atoms with E-state index in [1.807, 2.05) is 0 Å². The maximum Gasteiger partial charge on any atom is 0.253 e. The SMILES string of the molecule is O=C1C=CC(=O)N1CCCN1C(=O)CCC1=O. The fourth-order valence-electron chi connectivity index (χ4n) is 1.91. The number of rotatable bonds is 4. The van der Waals surface area contributed by atoms with Gasteiger partial charge in [0.1, 0.15) is 0 Å². The smallest absolute Gasteiger partial charge is 0.253 e. The van der Waals surface area contributed by atoms with E-state index in [2.05, 4.69) is 0 Å². The van der Waals surface area contributed by atoms with Crippen LogP contribution >= 0.6 is 0 Å².